The van der Waals surface area contributed by atoms with E-state index in [0.717, 1.165) is 37.0 Å². The number of aryl methyl sites for hydroxylation is 1. The van der Waals surface area contributed by atoms with Crippen LogP contribution in [0.4, 0.5) is 5.95 Å². The van der Waals surface area contributed by atoms with E-state index in [-0.39, 0.29) is 11.8 Å². The summed E-state index contributed by atoms with van der Waals surface area (Å²) in [7, 11) is 0. The monoisotopic (exact) mass is 348 g/mol. The highest BCUT2D eigenvalue weighted by atomic mass is 16.2. The van der Waals surface area contributed by atoms with Gasteiger partial charge in [-0.3, -0.25) is 10.1 Å². The molecule has 1 amide bonds. The van der Waals surface area contributed by atoms with Crippen molar-refractivity contribution in [3.8, 4) is 0 Å². The predicted molar refractivity (Wildman–Crippen MR) is 104 cm³/mol. The van der Waals surface area contributed by atoms with Gasteiger partial charge >= 0.3 is 0 Å². The van der Waals surface area contributed by atoms with Gasteiger partial charge in [0, 0.05) is 5.92 Å². The van der Waals surface area contributed by atoms with E-state index in [1.807, 2.05) is 24.3 Å². The number of benzene rings is 2. The molecule has 2 heterocycles. The first-order valence-electron chi connectivity index (χ1n) is 9.24. The summed E-state index contributed by atoms with van der Waals surface area (Å²) in [5.74, 6) is 0.772. The molecule has 1 saturated heterocycles. The second-order valence-corrected chi connectivity index (χ2v) is 6.95. The Labute approximate surface area is 153 Å². The molecule has 0 saturated carbocycles. The molecule has 1 fully saturated rings. The van der Waals surface area contributed by atoms with Crippen molar-refractivity contribution in [2.45, 2.75) is 26.3 Å². The van der Waals surface area contributed by atoms with Gasteiger partial charge in [-0.2, -0.15) is 0 Å². The van der Waals surface area contributed by atoms with E-state index in [2.05, 4.69) is 51.4 Å². The number of hydrogen-bond acceptors (Lipinski definition) is 3. The third-order valence-corrected chi connectivity index (χ3v) is 5.19. The highest BCUT2D eigenvalue weighted by molar-refractivity contribution is 5.93. The van der Waals surface area contributed by atoms with Gasteiger partial charge in [0.25, 0.3) is 0 Å². The highest BCUT2D eigenvalue weighted by Gasteiger charge is 2.23. The molecule has 4 rings (SSSR count). The van der Waals surface area contributed by atoms with E-state index in [4.69, 9.17) is 0 Å². The number of rotatable bonds is 4. The fourth-order valence-electron chi connectivity index (χ4n) is 3.59. The minimum atomic E-state index is 0.0583. The van der Waals surface area contributed by atoms with Gasteiger partial charge in [-0.1, -0.05) is 36.4 Å². The van der Waals surface area contributed by atoms with E-state index >= 15 is 0 Å². The predicted octanol–water partition coefficient (Wildman–Crippen LogP) is 3.33. The molecule has 134 valence electrons. The molecule has 2 aromatic carbocycles. The van der Waals surface area contributed by atoms with Crippen LogP contribution >= 0.6 is 0 Å². The fourth-order valence-corrected chi connectivity index (χ4v) is 3.59. The molecule has 0 aliphatic carbocycles. The molecule has 0 bridgehead atoms. The smallest absolute Gasteiger partial charge is 0.229 e. The molecule has 1 aromatic heterocycles. The number of piperidine rings is 1. The average molecular weight is 348 g/mol. The van der Waals surface area contributed by atoms with Crippen LogP contribution in [0.15, 0.2) is 48.5 Å². The highest BCUT2D eigenvalue weighted by Crippen LogP contribution is 2.23. The van der Waals surface area contributed by atoms with Crippen LogP contribution in [-0.2, 0) is 11.3 Å². The zero-order chi connectivity index (χ0) is 17.9. The van der Waals surface area contributed by atoms with Crippen LogP contribution in [0.25, 0.3) is 11.0 Å². The van der Waals surface area contributed by atoms with Crippen molar-refractivity contribution in [2.75, 3.05) is 18.4 Å². The molecule has 3 aromatic rings. The third-order valence-electron chi connectivity index (χ3n) is 5.19. The molecule has 1 aliphatic rings. The summed E-state index contributed by atoms with van der Waals surface area (Å²) < 4.78 is 2.11. The molecule has 5 heteroatoms. The van der Waals surface area contributed by atoms with Crippen molar-refractivity contribution in [3.05, 3.63) is 59.7 Å². The SMILES string of the molecule is Cc1ccccc1Cn1c(NC(=O)C2CCNCC2)nc2ccccc21. The second kappa shape index (κ2) is 7.30. The number of amides is 1. The number of fused-ring (bicyclic) bond motifs is 1. The van der Waals surface area contributed by atoms with Gasteiger partial charge in [-0.05, 0) is 56.1 Å². The van der Waals surface area contributed by atoms with Gasteiger partial charge in [-0.15, -0.1) is 0 Å². The second-order valence-electron chi connectivity index (χ2n) is 6.95. The molecule has 2 N–H and O–H groups in total. The lowest BCUT2D eigenvalue weighted by Gasteiger charge is -2.21. The van der Waals surface area contributed by atoms with Gasteiger partial charge in [-0.25, -0.2) is 4.98 Å². The molecule has 26 heavy (non-hydrogen) atoms. The Hall–Kier alpha value is -2.66. The van der Waals surface area contributed by atoms with Gasteiger partial charge in [0.2, 0.25) is 11.9 Å². The number of nitrogens with zero attached hydrogens (tertiary/aromatic N) is 2. The first-order valence-corrected chi connectivity index (χ1v) is 9.24. The van der Waals surface area contributed by atoms with Crippen molar-refractivity contribution in [1.82, 2.24) is 14.9 Å². The zero-order valence-corrected chi connectivity index (χ0v) is 15.0. The number of imidazole rings is 1. The van der Waals surface area contributed by atoms with E-state index in [1.54, 1.807) is 0 Å². The number of carbonyl (C=O) groups excluding carboxylic acids is 1. The number of para-hydroxylation sites is 2. The Balaban J connectivity index is 1.67. The lowest BCUT2D eigenvalue weighted by molar-refractivity contribution is -0.120. The topological polar surface area (TPSA) is 59.0 Å². The van der Waals surface area contributed by atoms with Crippen molar-refractivity contribution < 1.29 is 4.79 Å². The Kier molecular flexibility index (Phi) is 4.71. The summed E-state index contributed by atoms with van der Waals surface area (Å²) in [5, 5.41) is 6.40. The van der Waals surface area contributed by atoms with Crippen LogP contribution in [-0.4, -0.2) is 28.5 Å². The van der Waals surface area contributed by atoms with Crippen molar-refractivity contribution >= 4 is 22.9 Å². The number of hydrogen-bond donors (Lipinski definition) is 2. The Morgan fingerprint density at radius 3 is 2.69 bits per heavy atom. The minimum absolute atomic E-state index is 0.0583. The lowest BCUT2D eigenvalue weighted by atomic mass is 9.97. The maximum atomic E-state index is 12.7. The number of anilines is 1. The first-order chi connectivity index (χ1) is 12.7. The van der Waals surface area contributed by atoms with Gasteiger partial charge < -0.3 is 9.88 Å². The largest absolute Gasteiger partial charge is 0.317 e. The summed E-state index contributed by atoms with van der Waals surface area (Å²) in [6, 6.07) is 16.4. The molecular weight excluding hydrogens is 324 g/mol. The normalized spacial score (nSPS) is 15.3. The Morgan fingerprint density at radius 2 is 1.88 bits per heavy atom. The number of carbonyl (C=O) groups is 1. The van der Waals surface area contributed by atoms with E-state index in [9.17, 15) is 4.79 Å². The van der Waals surface area contributed by atoms with E-state index < -0.39 is 0 Å². The van der Waals surface area contributed by atoms with Gasteiger partial charge in [0.1, 0.15) is 0 Å². The van der Waals surface area contributed by atoms with Crippen LogP contribution in [0.1, 0.15) is 24.0 Å². The zero-order valence-electron chi connectivity index (χ0n) is 15.0. The molecular formula is C21H24N4O. The van der Waals surface area contributed by atoms with Crippen molar-refractivity contribution in [3.63, 3.8) is 0 Å². The molecule has 5 nitrogen and oxygen atoms in total. The van der Waals surface area contributed by atoms with Crippen molar-refractivity contribution in [2.24, 2.45) is 5.92 Å². The van der Waals surface area contributed by atoms with Crippen LogP contribution in [0.3, 0.4) is 0 Å². The van der Waals surface area contributed by atoms with E-state index in [0.29, 0.717) is 12.5 Å². The van der Waals surface area contributed by atoms with Crippen LogP contribution in [0.5, 0.6) is 0 Å². The summed E-state index contributed by atoms with van der Waals surface area (Å²) in [6.45, 7) is 4.60. The number of nitrogens with one attached hydrogen (secondary N) is 2. The summed E-state index contributed by atoms with van der Waals surface area (Å²) in [4.78, 5) is 17.4. The van der Waals surface area contributed by atoms with Crippen LogP contribution < -0.4 is 10.6 Å². The average Bonchev–Trinajstić information content (AvgIpc) is 3.01. The molecule has 0 spiro atoms. The standard InChI is InChI=1S/C21H24N4O/c1-15-6-2-3-7-17(15)14-25-19-9-5-4-8-18(19)23-21(25)24-20(26)16-10-12-22-13-11-16/h2-9,16,22H,10-14H2,1H3,(H,23,24,26). The quantitative estimate of drug-likeness (QED) is 0.760. The summed E-state index contributed by atoms with van der Waals surface area (Å²) >= 11 is 0. The van der Waals surface area contributed by atoms with Gasteiger partial charge in [0.05, 0.1) is 17.6 Å². The lowest BCUT2D eigenvalue weighted by Crippen LogP contribution is -2.35. The van der Waals surface area contributed by atoms with Gasteiger partial charge in [0.15, 0.2) is 0 Å². The Morgan fingerprint density at radius 1 is 1.15 bits per heavy atom. The van der Waals surface area contributed by atoms with Crippen molar-refractivity contribution in [1.29, 1.82) is 0 Å². The Bertz CT molecular complexity index is 925. The van der Waals surface area contributed by atoms with E-state index in [1.165, 1.54) is 11.1 Å². The number of aromatic nitrogens is 2. The van der Waals surface area contributed by atoms with Crippen LogP contribution in [0.2, 0.25) is 0 Å². The molecule has 1 aliphatic heterocycles. The third kappa shape index (κ3) is 3.35. The maximum Gasteiger partial charge on any atom is 0.229 e. The molecule has 0 atom stereocenters. The maximum absolute atomic E-state index is 12.7. The van der Waals surface area contributed by atoms with Crippen LogP contribution in [0, 0.1) is 12.8 Å². The first kappa shape index (κ1) is 16.8. The minimum Gasteiger partial charge on any atom is -0.317 e. The molecule has 0 radical (unpaired) electrons. The summed E-state index contributed by atoms with van der Waals surface area (Å²) in [5.41, 5.74) is 4.41. The summed E-state index contributed by atoms with van der Waals surface area (Å²) in [6.07, 6.45) is 1.76. The molecule has 0 unspecified atom stereocenters. The fraction of sp³-hybridized carbons (Fsp3) is 0.333.